The van der Waals surface area contributed by atoms with Gasteiger partial charge in [-0.25, -0.2) is 0 Å². The molecule has 0 bridgehead atoms. The minimum atomic E-state index is -0.106. The van der Waals surface area contributed by atoms with E-state index in [1.165, 1.54) is 6.26 Å². The fraction of sp³-hybridized carbons (Fsp3) is 0.389. The summed E-state index contributed by atoms with van der Waals surface area (Å²) in [5.74, 6) is 0.421. The van der Waals surface area contributed by atoms with E-state index in [4.69, 9.17) is 4.42 Å². The molecule has 128 valence electrons. The number of nitrogens with zero attached hydrogens (tertiary/aromatic N) is 2. The smallest absolute Gasteiger partial charge is 0.257 e. The Bertz CT molecular complexity index is 667. The standard InChI is InChI=1S/C18H23N3O3/c1-3-21(18(23)16-9-13-24-14(16)2)12-8-17(22)20-11-7-15-6-4-5-10-19-15/h4-6,9-10,13H,3,7-8,11-12H2,1-2H3,(H,20,22). The molecule has 2 amide bonds. The second-order valence-corrected chi connectivity index (χ2v) is 5.45. The second kappa shape index (κ2) is 8.86. The van der Waals surface area contributed by atoms with Crippen molar-refractivity contribution in [3.63, 3.8) is 0 Å². The van der Waals surface area contributed by atoms with Gasteiger partial charge in [-0.15, -0.1) is 0 Å². The monoisotopic (exact) mass is 329 g/mol. The molecule has 2 rings (SSSR count). The molecule has 2 aromatic rings. The molecule has 0 aliphatic heterocycles. The first-order chi connectivity index (χ1) is 11.6. The molecule has 0 radical (unpaired) electrons. The summed E-state index contributed by atoms with van der Waals surface area (Å²) in [6, 6.07) is 7.37. The SMILES string of the molecule is CCN(CCC(=O)NCCc1ccccn1)C(=O)c1ccoc1C. The van der Waals surface area contributed by atoms with Gasteiger partial charge in [0, 0.05) is 44.4 Å². The normalized spacial score (nSPS) is 10.4. The number of furan rings is 1. The Morgan fingerprint density at radius 3 is 2.75 bits per heavy atom. The van der Waals surface area contributed by atoms with Gasteiger partial charge in [0.1, 0.15) is 5.76 Å². The summed E-state index contributed by atoms with van der Waals surface area (Å²) in [4.78, 5) is 30.2. The third-order valence-electron chi connectivity index (χ3n) is 3.80. The van der Waals surface area contributed by atoms with E-state index in [2.05, 4.69) is 10.3 Å². The summed E-state index contributed by atoms with van der Waals surface area (Å²) in [6.45, 7) is 5.12. The zero-order valence-corrected chi connectivity index (χ0v) is 14.1. The van der Waals surface area contributed by atoms with Gasteiger partial charge in [-0.05, 0) is 32.0 Å². The minimum Gasteiger partial charge on any atom is -0.469 e. The number of aromatic nitrogens is 1. The number of pyridine rings is 1. The first kappa shape index (κ1) is 17.7. The number of nitrogens with one attached hydrogen (secondary N) is 1. The van der Waals surface area contributed by atoms with Crippen molar-refractivity contribution < 1.29 is 14.0 Å². The Morgan fingerprint density at radius 2 is 2.12 bits per heavy atom. The van der Waals surface area contributed by atoms with Crippen molar-refractivity contribution >= 4 is 11.8 Å². The molecule has 0 saturated carbocycles. The van der Waals surface area contributed by atoms with Crippen LogP contribution in [0.2, 0.25) is 0 Å². The number of carbonyl (C=O) groups is 2. The Morgan fingerprint density at radius 1 is 1.29 bits per heavy atom. The maximum absolute atomic E-state index is 12.4. The van der Waals surface area contributed by atoms with Crippen LogP contribution in [0, 0.1) is 6.92 Å². The van der Waals surface area contributed by atoms with Crippen LogP contribution in [0.15, 0.2) is 41.1 Å². The number of amides is 2. The average Bonchev–Trinajstić information content (AvgIpc) is 3.02. The molecular formula is C18H23N3O3. The number of aryl methyl sites for hydroxylation is 1. The maximum Gasteiger partial charge on any atom is 0.257 e. The first-order valence-corrected chi connectivity index (χ1v) is 8.11. The van der Waals surface area contributed by atoms with Gasteiger partial charge in [0.15, 0.2) is 0 Å². The predicted octanol–water partition coefficient (Wildman–Crippen LogP) is 2.19. The van der Waals surface area contributed by atoms with Gasteiger partial charge in [0.05, 0.1) is 11.8 Å². The molecule has 0 unspecified atom stereocenters. The fourth-order valence-corrected chi connectivity index (χ4v) is 2.38. The van der Waals surface area contributed by atoms with E-state index in [1.807, 2.05) is 25.1 Å². The molecule has 0 atom stereocenters. The van der Waals surface area contributed by atoms with E-state index < -0.39 is 0 Å². The lowest BCUT2D eigenvalue weighted by atomic mass is 10.2. The summed E-state index contributed by atoms with van der Waals surface area (Å²) >= 11 is 0. The first-order valence-electron chi connectivity index (χ1n) is 8.11. The third-order valence-corrected chi connectivity index (χ3v) is 3.80. The Kier molecular flexibility index (Phi) is 6.54. The van der Waals surface area contributed by atoms with Gasteiger partial charge in [-0.1, -0.05) is 6.07 Å². The van der Waals surface area contributed by atoms with Crippen LogP contribution in [0.25, 0.3) is 0 Å². The highest BCUT2D eigenvalue weighted by molar-refractivity contribution is 5.95. The molecule has 24 heavy (non-hydrogen) atoms. The zero-order chi connectivity index (χ0) is 17.4. The second-order valence-electron chi connectivity index (χ2n) is 5.45. The molecule has 2 aromatic heterocycles. The van der Waals surface area contributed by atoms with Crippen LogP contribution >= 0.6 is 0 Å². The molecule has 0 fully saturated rings. The molecule has 2 heterocycles. The predicted molar refractivity (Wildman–Crippen MR) is 90.6 cm³/mol. The van der Waals surface area contributed by atoms with E-state index >= 15 is 0 Å². The van der Waals surface area contributed by atoms with Crippen molar-refractivity contribution in [2.75, 3.05) is 19.6 Å². The Labute approximate surface area is 141 Å². The maximum atomic E-state index is 12.4. The van der Waals surface area contributed by atoms with E-state index in [-0.39, 0.29) is 18.2 Å². The average molecular weight is 329 g/mol. The Hall–Kier alpha value is -2.63. The molecule has 0 aliphatic carbocycles. The lowest BCUT2D eigenvalue weighted by Gasteiger charge is -2.20. The lowest BCUT2D eigenvalue weighted by molar-refractivity contribution is -0.121. The molecular weight excluding hydrogens is 306 g/mol. The molecule has 0 saturated heterocycles. The van der Waals surface area contributed by atoms with Crippen molar-refractivity contribution in [3.8, 4) is 0 Å². The van der Waals surface area contributed by atoms with Crippen molar-refractivity contribution in [3.05, 3.63) is 53.7 Å². The van der Waals surface area contributed by atoms with Crippen LogP contribution in [-0.4, -0.2) is 41.3 Å². The van der Waals surface area contributed by atoms with Gasteiger partial charge in [-0.2, -0.15) is 0 Å². The van der Waals surface area contributed by atoms with Gasteiger partial charge in [-0.3, -0.25) is 14.6 Å². The number of rotatable bonds is 8. The Balaban J connectivity index is 1.75. The van der Waals surface area contributed by atoms with E-state index in [1.54, 1.807) is 24.1 Å². The molecule has 6 nitrogen and oxygen atoms in total. The van der Waals surface area contributed by atoms with Crippen molar-refractivity contribution in [2.24, 2.45) is 0 Å². The lowest BCUT2D eigenvalue weighted by Crippen LogP contribution is -2.35. The van der Waals surface area contributed by atoms with Crippen LogP contribution in [0.4, 0.5) is 0 Å². The highest BCUT2D eigenvalue weighted by atomic mass is 16.3. The van der Waals surface area contributed by atoms with Crippen molar-refractivity contribution in [1.29, 1.82) is 0 Å². The number of hydrogen-bond acceptors (Lipinski definition) is 4. The molecule has 0 spiro atoms. The third kappa shape index (κ3) is 4.94. The van der Waals surface area contributed by atoms with E-state index in [0.717, 1.165) is 5.69 Å². The minimum absolute atomic E-state index is 0.0684. The van der Waals surface area contributed by atoms with Crippen molar-refractivity contribution in [2.45, 2.75) is 26.7 Å². The quantitative estimate of drug-likeness (QED) is 0.805. The van der Waals surface area contributed by atoms with Crippen LogP contribution in [0.5, 0.6) is 0 Å². The topological polar surface area (TPSA) is 75.4 Å². The van der Waals surface area contributed by atoms with Gasteiger partial charge in [0.25, 0.3) is 5.91 Å². The summed E-state index contributed by atoms with van der Waals surface area (Å²) in [6.07, 6.45) is 4.20. The molecule has 0 aliphatic rings. The van der Waals surface area contributed by atoms with Crippen molar-refractivity contribution in [1.82, 2.24) is 15.2 Å². The van der Waals surface area contributed by atoms with Gasteiger partial charge >= 0.3 is 0 Å². The summed E-state index contributed by atoms with van der Waals surface area (Å²) < 4.78 is 5.17. The van der Waals surface area contributed by atoms with Crippen LogP contribution in [-0.2, 0) is 11.2 Å². The van der Waals surface area contributed by atoms with Crippen LogP contribution in [0.3, 0.4) is 0 Å². The highest BCUT2D eigenvalue weighted by Crippen LogP contribution is 2.12. The van der Waals surface area contributed by atoms with E-state index in [9.17, 15) is 9.59 Å². The number of carbonyl (C=O) groups excluding carboxylic acids is 2. The number of hydrogen-bond donors (Lipinski definition) is 1. The highest BCUT2D eigenvalue weighted by Gasteiger charge is 2.18. The molecule has 6 heteroatoms. The fourth-order valence-electron chi connectivity index (χ4n) is 2.38. The molecule has 0 aromatic carbocycles. The van der Waals surface area contributed by atoms with Gasteiger partial charge in [0.2, 0.25) is 5.91 Å². The summed E-state index contributed by atoms with van der Waals surface area (Å²) in [5, 5.41) is 2.86. The summed E-state index contributed by atoms with van der Waals surface area (Å²) in [7, 11) is 0. The van der Waals surface area contributed by atoms with Gasteiger partial charge < -0.3 is 14.6 Å². The molecule has 1 N–H and O–H groups in total. The van der Waals surface area contributed by atoms with Crippen LogP contribution in [0.1, 0.15) is 35.2 Å². The van der Waals surface area contributed by atoms with E-state index in [0.29, 0.717) is 37.4 Å². The zero-order valence-electron chi connectivity index (χ0n) is 14.1. The summed E-state index contributed by atoms with van der Waals surface area (Å²) in [5.41, 5.74) is 1.49. The largest absolute Gasteiger partial charge is 0.469 e. The van der Waals surface area contributed by atoms with Crippen LogP contribution < -0.4 is 5.32 Å².